The Labute approximate surface area is 305 Å². The van der Waals surface area contributed by atoms with Gasteiger partial charge >= 0.3 is 12.2 Å². The lowest BCUT2D eigenvalue weighted by molar-refractivity contribution is -0.136. The molecule has 8 rings (SSSR count). The molecule has 1 fully saturated rings. The van der Waals surface area contributed by atoms with Crippen LogP contribution in [0.3, 0.4) is 0 Å². The molecule has 13 nitrogen and oxygen atoms in total. The second kappa shape index (κ2) is 14.5. The zero-order valence-electron chi connectivity index (χ0n) is 28.8. The molecule has 53 heavy (non-hydrogen) atoms. The van der Waals surface area contributed by atoms with E-state index >= 15 is 4.79 Å². The molecule has 0 saturated heterocycles. The minimum atomic E-state index is -3.75. The van der Waals surface area contributed by atoms with Crippen molar-refractivity contribution in [3.8, 4) is 0 Å². The van der Waals surface area contributed by atoms with Crippen molar-refractivity contribution < 1.29 is 32.3 Å². The summed E-state index contributed by atoms with van der Waals surface area (Å²) in [6.45, 7) is -0.283. The van der Waals surface area contributed by atoms with Crippen LogP contribution in [0, 0.1) is 0 Å². The van der Waals surface area contributed by atoms with Crippen molar-refractivity contribution in [1.82, 2.24) is 15.2 Å². The topological polar surface area (TPSA) is 176 Å². The minimum Gasteiger partial charge on any atom is -0.449 e. The summed E-state index contributed by atoms with van der Waals surface area (Å²) in [5.74, 6) is -0.677. The molecule has 1 atom stereocenters. The van der Waals surface area contributed by atoms with Crippen LogP contribution in [0.2, 0.25) is 0 Å². The van der Waals surface area contributed by atoms with Gasteiger partial charge < -0.3 is 24.7 Å². The van der Waals surface area contributed by atoms with Gasteiger partial charge in [-0.05, 0) is 71.3 Å². The van der Waals surface area contributed by atoms with Gasteiger partial charge in [0.05, 0.1) is 16.8 Å². The number of hydrogen-bond donors (Lipinski definition) is 4. The van der Waals surface area contributed by atoms with E-state index in [0.717, 1.165) is 11.1 Å². The third-order valence-electron chi connectivity index (χ3n) is 9.27. The number of carbonyl (C=O) groups is 3. The molecule has 4 bridgehead atoms. The second-order valence-electron chi connectivity index (χ2n) is 13.1. The van der Waals surface area contributed by atoms with Crippen LogP contribution in [0.5, 0.6) is 0 Å². The summed E-state index contributed by atoms with van der Waals surface area (Å²) in [7, 11) is -2.26. The molecule has 272 valence electrons. The van der Waals surface area contributed by atoms with Crippen molar-refractivity contribution >= 4 is 50.1 Å². The number of anilines is 2. The Morgan fingerprint density at radius 1 is 0.962 bits per heavy atom. The number of aromatic amines is 1. The molecular weight excluding hydrogens is 699 g/mol. The molecule has 1 saturated carbocycles. The minimum absolute atomic E-state index is 0.0339. The molecule has 0 spiro atoms. The number of nitrogens with one attached hydrogen (secondary N) is 4. The Balaban J connectivity index is 1.35. The molecule has 1 aromatic heterocycles. The number of rotatable bonds is 7. The molecule has 0 radical (unpaired) electrons. The van der Waals surface area contributed by atoms with E-state index in [1.807, 2.05) is 18.2 Å². The molecule has 14 heteroatoms. The number of amides is 3. The Bertz CT molecular complexity index is 2360. The maximum Gasteiger partial charge on any atom is 0.411 e. The van der Waals surface area contributed by atoms with Crippen molar-refractivity contribution in [1.29, 1.82) is 0 Å². The Hall–Kier alpha value is -6.15. The van der Waals surface area contributed by atoms with Gasteiger partial charge in [-0.2, -0.15) is 0 Å². The van der Waals surface area contributed by atoms with Gasteiger partial charge in [0.1, 0.15) is 6.61 Å². The first-order chi connectivity index (χ1) is 25.5. The fourth-order valence-electron chi connectivity index (χ4n) is 6.36. The lowest BCUT2D eigenvalue weighted by Crippen LogP contribution is -2.61. The van der Waals surface area contributed by atoms with E-state index < -0.39 is 38.8 Å². The highest BCUT2D eigenvalue weighted by molar-refractivity contribution is 7.92. The number of alkyl carbamates (subject to hydrolysis) is 1. The van der Waals surface area contributed by atoms with Crippen LogP contribution in [0.15, 0.2) is 113 Å². The number of benzene rings is 4. The number of likely N-dealkylation sites (N-methyl/N-ethyl adjacent to an activating group) is 1. The van der Waals surface area contributed by atoms with E-state index in [2.05, 4.69) is 20.9 Å². The van der Waals surface area contributed by atoms with Gasteiger partial charge in [-0.25, -0.2) is 18.0 Å². The lowest BCUT2D eigenvalue weighted by Gasteiger charge is -2.38. The highest BCUT2D eigenvalue weighted by Gasteiger charge is 2.45. The predicted molar refractivity (Wildman–Crippen MR) is 198 cm³/mol. The maximum absolute atomic E-state index is 15.1. The van der Waals surface area contributed by atoms with E-state index in [9.17, 15) is 22.8 Å². The Kier molecular flexibility index (Phi) is 9.62. The van der Waals surface area contributed by atoms with Crippen LogP contribution in [-0.4, -0.2) is 55.3 Å². The number of pyridine rings is 1. The number of sulfone groups is 1. The first-order valence-corrected chi connectivity index (χ1v) is 18.6. The van der Waals surface area contributed by atoms with Crippen LogP contribution in [0.25, 0.3) is 10.8 Å². The quantitative estimate of drug-likeness (QED) is 0.159. The summed E-state index contributed by atoms with van der Waals surface area (Å²) in [5, 5.41) is 9.16. The number of fused-ring (bicyclic) bond motifs is 10. The predicted octanol–water partition coefficient (Wildman–Crippen LogP) is 5.42. The van der Waals surface area contributed by atoms with Gasteiger partial charge in [-0.3, -0.25) is 20.2 Å². The molecular formula is C39H37N5O8S. The van der Waals surface area contributed by atoms with E-state index in [0.29, 0.717) is 41.3 Å². The van der Waals surface area contributed by atoms with E-state index in [1.54, 1.807) is 60.7 Å². The number of nitrogens with zero attached hydrogens (tertiary/aromatic N) is 1. The summed E-state index contributed by atoms with van der Waals surface area (Å²) in [4.78, 5) is 58.4. The Morgan fingerprint density at radius 3 is 2.49 bits per heavy atom. The molecule has 2 aliphatic heterocycles. The zero-order valence-corrected chi connectivity index (χ0v) is 29.6. The number of H-pyrrole nitrogens is 1. The third-order valence-corrected chi connectivity index (χ3v) is 11.6. The van der Waals surface area contributed by atoms with Crippen LogP contribution in [-0.2, 0) is 49.3 Å². The molecule has 1 aliphatic carbocycles. The van der Waals surface area contributed by atoms with Crippen molar-refractivity contribution in [2.24, 2.45) is 0 Å². The van der Waals surface area contributed by atoms with Crippen molar-refractivity contribution in [2.75, 3.05) is 24.3 Å². The first-order valence-electron chi connectivity index (χ1n) is 17.1. The number of carbonyl (C=O) groups excluding carboxylic acids is 3. The highest BCUT2D eigenvalue weighted by Crippen LogP contribution is 2.37. The lowest BCUT2D eigenvalue weighted by atomic mass is 9.94. The van der Waals surface area contributed by atoms with Gasteiger partial charge in [0, 0.05) is 48.5 Å². The fourth-order valence-corrected chi connectivity index (χ4v) is 8.22. The van der Waals surface area contributed by atoms with Crippen molar-refractivity contribution in [3.05, 3.63) is 136 Å². The standard InChI is InChI=1S/C39H37N5O8S/c1-44-23-28-21-30(13-16-34(28)53(49,50)32-14-15-32)41-37(47)51-20-18-25-7-10-29(11-8-25)39(36(44)46,43-38(48)52-24-26-5-3-2-4-6-26)42-31-12-9-27-17-19-40-35(45)33(27)22-31/h2-13,16-17,19,21-22,32,42H,14-15,18,20,23-24H2,1H3,(H,40,45)(H,41,47)(H,43,48)/t39-/m1/s1. The molecule has 4 aromatic carbocycles. The zero-order chi connectivity index (χ0) is 37.2. The molecule has 5 aromatic rings. The largest absolute Gasteiger partial charge is 0.449 e. The number of ether oxygens (including phenoxy) is 2. The van der Waals surface area contributed by atoms with Gasteiger partial charge in [0.2, 0.25) is 5.66 Å². The third kappa shape index (κ3) is 7.58. The Morgan fingerprint density at radius 2 is 1.74 bits per heavy atom. The van der Waals surface area contributed by atoms with Crippen molar-refractivity contribution in [2.45, 2.75) is 48.2 Å². The average Bonchev–Trinajstić information content (AvgIpc) is 4.01. The normalized spacial score (nSPS) is 17.9. The smallest absolute Gasteiger partial charge is 0.411 e. The molecule has 3 aliphatic rings. The van der Waals surface area contributed by atoms with Crippen LogP contribution in [0.1, 0.15) is 35.1 Å². The highest BCUT2D eigenvalue weighted by atomic mass is 32.2. The van der Waals surface area contributed by atoms with Gasteiger partial charge in [-0.1, -0.05) is 60.7 Å². The van der Waals surface area contributed by atoms with Crippen LogP contribution in [0.4, 0.5) is 21.0 Å². The van der Waals surface area contributed by atoms with Crippen LogP contribution >= 0.6 is 0 Å². The van der Waals surface area contributed by atoms with E-state index in [4.69, 9.17) is 9.47 Å². The average molecular weight is 736 g/mol. The molecule has 4 N–H and O–H groups in total. The maximum atomic E-state index is 15.1. The number of aromatic nitrogens is 1. The summed E-state index contributed by atoms with van der Waals surface area (Å²) in [5.41, 5.74) is 0.280. The van der Waals surface area contributed by atoms with Gasteiger partial charge in [0.15, 0.2) is 9.84 Å². The number of hydrogen-bond acceptors (Lipinski definition) is 9. The van der Waals surface area contributed by atoms with Crippen molar-refractivity contribution in [3.63, 3.8) is 0 Å². The van der Waals surface area contributed by atoms with Gasteiger partial charge in [-0.15, -0.1) is 0 Å². The molecule has 3 heterocycles. The SMILES string of the molecule is CN1Cc2cc(ccc2S(=O)(=O)C2CC2)NC(=O)OCCc2ccc(cc2)[C@](NC(=O)OCc2ccccc2)(Nc2ccc3cc[nH]c(=O)c3c2)C1=O. The monoisotopic (exact) mass is 735 g/mol. The summed E-state index contributed by atoms with van der Waals surface area (Å²) in [6, 6.07) is 27.0. The second-order valence-corrected chi connectivity index (χ2v) is 15.3. The molecule has 3 amide bonds. The summed E-state index contributed by atoms with van der Waals surface area (Å²) < 4.78 is 38.3. The molecule has 0 unspecified atom stereocenters. The van der Waals surface area contributed by atoms with Crippen LogP contribution < -0.4 is 21.5 Å². The van der Waals surface area contributed by atoms with E-state index in [1.165, 1.54) is 36.3 Å². The fraction of sp³-hybridized carbons (Fsp3) is 0.231. The summed E-state index contributed by atoms with van der Waals surface area (Å²) >= 11 is 0. The van der Waals surface area contributed by atoms with E-state index in [-0.39, 0.29) is 41.5 Å². The summed E-state index contributed by atoms with van der Waals surface area (Å²) in [6.07, 6.45) is 1.29. The van der Waals surface area contributed by atoms with Gasteiger partial charge in [0.25, 0.3) is 11.5 Å². The first kappa shape index (κ1) is 35.3.